The molecule has 0 saturated carbocycles. The monoisotopic (exact) mass is 211 g/mol. The van der Waals surface area contributed by atoms with Crippen molar-refractivity contribution in [2.75, 3.05) is 11.6 Å². The van der Waals surface area contributed by atoms with E-state index < -0.39 is 5.97 Å². The van der Waals surface area contributed by atoms with E-state index in [1.165, 1.54) is 0 Å². The molecule has 0 aliphatic rings. The Morgan fingerprint density at radius 2 is 2.29 bits per heavy atom. The molecule has 4 heteroatoms. The zero-order valence-electron chi connectivity index (χ0n) is 7.40. The van der Waals surface area contributed by atoms with Crippen molar-refractivity contribution in [2.24, 2.45) is 0 Å². The lowest BCUT2D eigenvalue weighted by Crippen LogP contribution is -2.04. The van der Waals surface area contributed by atoms with Crippen LogP contribution in [-0.4, -0.2) is 17.0 Å². The van der Waals surface area contributed by atoms with E-state index in [1.54, 1.807) is 30.4 Å². The van der Waals surface area contributed by atoms with Crippen LogP contribution in [0.15, 0.2) is 24.3 Å². The third-order valence-electron chi connectivity index (χ3n) is 1.73. The number of benzene rings is 1. The van der Waals surface area contributed by atoms with Crippen LogP contribution in [-0.2, 0) is 0 Å². The van der Waals surface area contributed by atoms with Crippen LogP contribution >= 0.6 is 11.6 Å². The maximum atomic E-state index is 10.9. The Kier molecular flexibility index (Phi) is 3.54. The molecule has 0 heterocycles. The number of aromatic carboxylic acids is 1. The minimum atomic E-state index is -1.03. The number of hydrogen-bond donors (Lipinski definition) is 2. The third-order valence-corrected chi connectivity index (χ3v) is 1.91. The van der Waals surface area contributed by atoms with E-state index in [4.69, 9.17) is 22.4 Å². The minimum Gasteiger partial charge on any atom is -0.478 e. The molecule has 1 rings (SSSR count). The zero-order valence-corrected chi connectivity index (χ0v) is 8.16. The lowest BCUT2D eigenvalue weighted by Gasteiger charge is -2.03. The van der Waals surface area contributed by atoms with E-state index >= 15 is 0 Å². The number of halogens is 1. The minimum absolute atomic E-state index is 0.119. The quantitative estimate of drug-likeness (QED) is 0.595. The summed E-state index contributed by atoms with van der Waals surface area (Å²) in [5.74, 6) is -0.689. The fraction of sp³-hybridized carbons (Fsp3) is 0.100. The Hall–Kier alpha value is -1.48. The molecule has 0 aromatic heterocycles. The van der Waals surface area contributed by atoms with E-state index in [2.05, 4.69) is 0 Å². The first-order valence-electron chi connectivity index (χ1n) is 4.01. The van der Waals surface area contributed by atoms with Gasteiger partial charge in [-0.3, -0.25) is 0 Å². The van der Waals surface area contributed by atoms with Crippen molar-refractivity contribution in [1.29, 1.82) is 0 Å². The molecule has 14 heavy (non-hydrogen) atoms. The molecule has 0 spiro atoms. The van der Waals surface area contributed by atoms with Gasteiger partial charge in [-0.05, 0) is 11.6 Å². The summed E-state index contributed by atoms with van der Waals surface area (Å²) >= 11 is 5.46. The highest BCUT2D eigenvalue weighted by molar-refractivity contribution is 6.19. The molecule has 0 fully saturated rings. The van der Waals surface area contributed by atoms with Gasteiger partial charge in [0.1, 0.15) is 0 Å². The van der Waals surface area contributed by atoms with Crippen LogP contribution in [0.4, 0.5) is 5.69 Å². The fourth-order valence-electron chi connectivity index (χ4n) is 1.15. The van der Waals surface area contributed by atoms with Crippen LogP contribution in [0.25, 0.3) is 6.08 Å². The number of alkyl halides is 1. The molecule has 0 radical (unpaired) electrons. The molecule has 1 aromatic carbocycles. The Morgan fingerprint density at radius 1 is 1.57 bits per heavy atom. The molecule has 0 bridgehead atoms. The average Bonchev–Trinajstić information content (AvgIpc) is 2.14. The van der Waals surface area contributed by atoms with Crippen LogP contribution in [0.3, 0.4) is 0 Å². The van der Waals surface area contributed by atoms with Crippen molar-refractivity contribution < 1.29 is 9.90 Å². The number of nitrogens with two attached hydrogens (primary N) is 1. The molecule has 0 aliphatic heterocycles. The molecule has 3 nitrogen and oxygen atoms in total. The molecule has 1 aromatic rings. The lowest BCUT2D eigenvalue weighted by molar-refractivity contribution is 0.0698. The first-order chi connectivity index (χ1) is 6.66. The third kappa shape index (κ3) is 2.26. The van der Waals surface area contributed by atoms with Gasteiger partial charge in [0, 0.05) is 11.6 Å². The molecule has 0 amide bonds. The van der Waals surface area contributed by atoms with E-state index in [0.29, 0.717) is 11.4 Å². The zero-order chi connectivity index (χ0) is 10.6. The van der Waals surface area contributed by atoms with Gasteiger partial charge in [-0.1, -0.05) is 24.3 Å². The second-order valence-corrected chi connectivity index (χ2v) is 2.98. The summed E-state index contributed by atoms with van der Waals surface area (Å²) < 4.78 is 0. The number of hydrogen-bond acceptors (Lipinski definition) is 2. The van der Waals surface area contributed by atoms with Crippen LogP contribution in [0.1, 0.15) is 15.9 Å². The van der Waals surface area contributed by atoms with Gasteiger partial charge in [-0.25, -0.2) is 4.79 Å². The highest BCUT2D eigenvalue weighted by Gasteiger charge is 2.10. The van der Waals surface area contributed by atoms with Crippen molar-refractivity contribution in [2.45, 2.75) is 0 Å². The summed E-state index contributed by atoms with van der Waals surface area (Å²) in [4.78, 5) is 10.9. The maximum absolute atomic E-state index is 10.9. The molecule has 0 atom stereocenters. The van der Waals surface area contributed by atoms with Gasteiger partial charge in [0.15, 0.2) is 0 Å². The number of carbonyl (C=O) groups is 1. The highest BCUT2D eigenvalue weighted by Crippen LogP contribution is 2.18. The van der Waals surface area contributed by atoms with Gasteiger partial charge < -0.3 is 10.8 Å². The van der Waals surface area contributed by atoms with E-state index in [9.17, 15) is 4.79 Å². The van der Waals surface area contributed by atoms with E-state index in [-0.39, 0.29) is 11.3 Å². The first-order valence-corrected chi connectivity index (χ1v) is 4.54. The first kappa shape index (κ1) is 10.6. The summed E-state index contributed by atoms with van der Waals surface area (Å²) in [6.45, 7) is 0. The number of allylic oxidation sites excluding steroid dienone is 1. The predicted molar refractivity (Wildman–Crippen MR) is 57.6 cm³/mol. The van der Waals surface area contributed by atoms with Gasteiger partial charge in [-0.2, -0.15) is 0 Å². The topological polar surface area (TPSA) is 63.3 Å². The summed E-state index contributed by atoms with van der Waals surface area (Å²) in [5.41, 5.74) is 6.49. The van der Waals surface area contributed by atoms with Crippen LogP contribution in [0, 0.1) is 0 Å². The average molecular weight is 212 g/mol. The summed E-state index contributed by atoms with van der Waals surface area (Å²) in [5, 5.41) is 8.90. The number of nitrogen functional groups attached to an aromatic ring is 1. The van der Waals surface area contributed by atoms with Crippen molar-refractivity contribution in [3.05, 3.63) is 35.4 Å². The molecule has 0 saturated heterocycles. The molecule has 74 valence electrons. The standard InChI is InChI=1S/C10H10ClNO2/c11-6-2-4-7-3-1-5-8(12)9(7)10(13)14/h1-5H,6,12H2,(H,13,14). The fourth-order valence-corrected chi connectivity index (χ4v) is 1.24. The van der Waals surface area contributed by atoms with Crippen molar-refractivity contribution in [3.63, 3.8) is 0 Å². The summed E-state index contributed by atoms with van der Waals surface area (Å²) in [6.07, 6.45) is 3.32. The van der Waals surface area contributed by atoms with Crippen LogP contribution in [0.2, 0.25) is 0 Å². The smallest absolute Gasteiger partial charge is 0.338 e. The molecule has 3 N–H and O–H groups in total. The number of rotatable bonds is 3. The van der Waals surface area contributed by atoms with E-state index in [0.717, 1.165) is 0 Å². The largest absolute Gasteiger partial charge is 0.478 e. The molecule has 0 aliphatic carbocycles. The summed E-state index contributed by atoms with van der Waals surface area (Å²) in [7, 11) is 0. The van der Waals surface area contributed by atoms with Crippen LogP contribution < -0.4 is 5.73 Å². The van der Waals surface area contributed by atoms with Gasteiger partial charge >= 0.3 is 5.97 Å². The molecule has 0 unspecified atom stereocenters. The van der Waals surface area contributed by atoms with Gasteiger partial charge in [-0.15, -0.1) is 11.6 Å². The lowest BCUT2D eigenvalue weighted by atomic mass is 10.1. The van der Waals surface area contributed by atoms with E-state index in [1.807, 2.05) is 0 Å². The highest BCUT2D eigenvalue weighted by atomic mass is 35.5. The Balaban J connectivity index is 3.21. The Morgan fingerprint density at radius 3 is 2.86 bits per heavy atom. The molecular formula is C10H10ClNO2. The summed E-state index contributed by atoms with van der Waals surface area (Å²) in [6, 6.07) is 4.94. The van der Waals surface area contributed by atoms with Crippen LogP contribution in [0.5, 0.6) is 0 Å². The number of carboxylic acid groups (broad SMARTS) is 1. The second kappa shape index (κ2) is 4.67. The van der Waals surface area contributed by atoms with Gasteiger partial charge in [0.05, 0.1) is 5.56 Å². The maximum Gasteiger partial charge on any atom is 0.338 e. The SMILES string of the molecule is Nc1cccc(C=CCCl)c1C(=O)O. The normalized spacial score (nSPS) is 10.6. The number of carboxylic acids is 1. The van der Waals surface area contributed by atoms with Crippen molar-refractivity contribution in [3.8, 4) is 0 Å². The van der Waals surface area contributed by atoms with Gasteiger partial charge in [0.2, 0.25) is 0 Å². The van der Waals surface area contributed by atoms with Crippen molar-refractivity contribution in [1.82, 2.24) is 0 Å². The van der Waals surface area contributed by atoms with Crippen molar-refractivity contribution >= 4 is 29.3 Å². The Bertz CT molecular complexity index is 374. The predicted octanol–water partition coefficient (Wildman–Crippen LogP) is 2.22. The second-order valence-electron chi connectivity index (χ2n) is 2.67. The number of anilines is 1. The molecular weight excluding hydrogens is 202 g/mol. The Labute approximate surface area is 86.8 Å². The van der Waals surface area contributed by atoms with Gasteiger partial charge in [0.25, 0.3) is 0 Å².